The molecular weight excluding hydrogens is 324 g/mol. The molecule has 2 aliphatic heterocycles. The molecule has 1 saturated heterocycles. The summed E-state index contributed by atoms with van der Waals surface area (Å²) in [6.45, 7) is 5.71. The van der Waals surface area contributed by atoms with Crippen molar-refractivity contribution in [1.29, 1.82) is 0 Å². The van der Waals surface area contributed by atoms with Crippen molar-refractivity contribution in [2.45, 2.75) is 38.3 Å². The molecule has 0 spiro atoms. The van der Waals surface area contributed by atoms with Crippen molar-refractivity contribution in [3.05, 3.63) is 47.5 Å². The van der Waals surface area contributed by atoms with E-state index in [4.69, 9.17) is 4.74 Å². The SMILES string of the molecule is CN=C(NCCC1=CCOCC1)NCC1CCCN1Cc1ccccc1. The summed E-state index contributed by atoms with van der Waals surface area (Å²) in [4.78, 5) is 6.96. The third-order valence-electron chi connectivity index (χ3n) is 5.25. The van der Waals surface area contributed by atoms with E-state index in [9.17, 15) is 0 Å². The normalized spacial score (nSPS) is 21.5. The topological polar surface area (TPSA) is 48.9 Å². The molecular formula is C21H32N4O. The van der Waals surface area contributed by atoms with E-state index in [1.54, 1.807) is 0 Å². The molecule has 142 valence electrons. The maximum Gasteiger partial charge on any atom is 0.191 e. The highest BCUT2D eigenvalue weighted by atomic mass is 16.5. The lowest BCUT2D eigenvalue weighted by Crippen LogP contribution is -2.45. The van der Waals surface area contributed by atoms with Crippen molar-refractivity contribution in [2.24, 2.45) is 4.99 Å². The molecule has 1 fully saturated rings. The first kappa shape index (κ1) is 18.9. The number of nitrogens with zero attached hydrogens (tertiary/aromatic N) is 2. The van der Waals surface area contributed by atoms with E-state index in [0.29, 0.717) is 6.04 Å². The largest absolute Gasteiger partial charge is 0.377 e. The molecule has 5 heteroatoms. The van der Waals surface area contributed by atoms with Gasteiger partial charge in [-0.05, 0) is 37.8 Å². The Balaban J connectivity index is 1.40. The molecule has 1 atom stereocenters. The van der Waals surface area contributed by atoms with E-state index in [-0.39, 0.29) is 0 Å². The van der Waals surface area contributed by atoms with Crippen LogP contribution < -0.4 is 10.6 Å². The summed E-state index contributed by atoms with van der Waals surface area (Å²) < 4.78 is 5.36. The molecule has 3 rings (SSSR count). The third-order valence-corrected chi connectivity index (χ3v) is 5.25. The van der Waals surface area contributed by atoms with Gasteiger partial charge in [0, 0.05) is 32.7 Å². The number of rotatable bonds is 7. The Labute approximate surface area is 157 Å². The Kier molecular flexibility index (Phi) is 7.52. The van der Waals surface area contributed by atoms with Gasteiger partial charge in [0.15, 0.2) is 5.96 Å². The molecule has 0 bridgehead atoms. The van der Waals surface area contributed by atoms with Crippen LogP contribution in [-0.4, -0.2) is 56.8 Å². The van der Waals surface area contributed by atoms with E-state index in [2.05, 4.69) is 56.9 Å². The summed E-state index contributed by atoms with van der Waals surface area (Å²) in [5.74, 6) is 0.907. The number of ether oxygens (including phenoxy) is 1. The van der Waals surface area contributed by atoms with Crippen LogP contribution in [0.15, 0.2) is 47.0 Å². The van der Waals surface area contributed by atoms with Gasteiger partial charge >= 0.3 is 0 Å². The number of hydrogen-bond acceptors (Lipinski definition) is 3. The number of hydrogen-bond donors (Lipinski definition) is 2. The second-order valence-corrected chi connectivity index (χ2v) is 7.07. The van der Waals surface area contributed by atoms with Crippen LogP contribution in [0.5, 0.6) is 0 Å². The first-order valence-corrected chi connectivity index (χ1v) is 9.83. The lowest BCUT2D eigenvalue weighted by Gasteiger charge is -2.25. The fourth-order valence-corrected chi connectivity index (χ4v) is 3.72. The van der Waals surface area contributed by atoms with Gasteiger partial charge in [-0.25, -0.2) is 0 Å². The number of likely N-dealkylation sites (tertiary alicyclic amines) is 1. The second kappa shape index (κ2) is 10.3. The number of benzene rings is 1. The standard InChI is InChI=1S/C21H32N4O/c1-22-21(23-12-9-18-10-14-26-15-11-18)24-16-20-8-5-13-25(20)17-19-6-3-2-4-7-19/h2-4,6-7,10,20H,5,8-9,11-17H2,1H3,(H2,22,23,24). The van der Waals surface area contributed by atoms with Crippen molar-refractivity contribution >= 4 is 5.96 Å². The van der Waals surface area contributed by atoms with Gasteiger partial charge in [-0.15, -0.1) is 0 Å². The first-order chi connectivity index (χ1) is 12.8. The summed E-state index contributed by atoms with van der Waals surface area (Å²) in [5.41, 5.74) is 2.88. The van der Waals surface area contributed by atoms with Crippen LogP contribution in [0.2, 0.25) is 0 Å². The minimum absolute atomic E-state index is 0.576. The molecule has 2 aliphatic rings. The summed E-state index contributed by atoms with van der Waals surface area (Å²) >= 11 is 0. The predicted molar refractivity (Wildman–Crippen MR) is 107 cm³/mol. The van der Waals surface area contributed by atoms with E-state index < -0.39 is 0 Å². The highest BCUT2D eigenvalue weighted by Crippen LogP contribution is 2.19. The van der Waals surface area contributed by atoms with Gasteiger partial charge in [-0.2, -0.15) is 0 Å². The number of nitrogens with one attached hydrogen (secondary N) is 2. The van der Waals surface area contributed by atoms with Crippen LogP contribution >= 0.6 is 0 Å². The van der Waals surface area contributed by atoms with E-state index in [0.717, 1.165) is 51.6 Å². The lowest BCUT2D eigenvalue weighted by molar-refractivity contribution is 0.153. The van der Waals surface area contributed by atoms with Gasteiger partial charge in [0.2, 0.25) is 0 Å². The van der Waals surface area contributed by atoms with Crippen molar-refractivity contribution in [2.75, 3.05) is 39.9 Å². The van der Waals surface area contributed by atoms with Crippen LogP contribution in [0.1, 0.15) is 31.2 Å². The van der Waals surface area contributed by atoms with Crippen LogP contribution in [0, 0.1) is 0 Å². The molecule has 0 radical (unpaired) electrons. The Bertz CT molecular complexity index is 599. The van der Waals surface area contributed by atoms with Gasteiger partial charge in [-0.1, -0.05) is 42.0 Å². The average molecular weight is 357 g/mol. The molecule has 1 aromatic carbocycles. The van der Waals surface area contributed by atoms with E-state index in [1.807, 2.05) is 7.05 Å². The highest BCUT2D eigenvalue weighted by molar-refractivity contribution is 5.79. The van der Waals surface area contributed by atoms with E-state index >= 15 is 0 Å². The maximum atomic E-state index is 5.36. The molecule has 2 N–H and O–H groups in total. The zero-order valence-corrected chi connectivity index (χ0v) is 15.9. The molecule has 1 aromatic rings. The fourth-order valence-electron chi connectivity index (χ4n) is 3.72. The van der Waals surface area contributed by atoms with Crippen LogP contribution in [0.25, 0.3) is 0 Å². The van der Waals surface area contributed by atoms with Crippen LogP contribution in [-0.2, 0) is 11.3 Å². The lowest BCUT2D eigenvalue weighted by atomic mass is 10.1. The van der Waals surface area contributed by atoms with Gasteiger partial charge < -0.3 is 15.4 Å². The smallest absolute Gasteiger partial charge is 0.191 e. The van der Waals surface area contributed by atoms with Gasteiger partial charge in [0.05, 0.1) is 13.2 Å². The molecule has 2 heterocycles. The zero-order chi connectivity index (χ0) is 18.0. The summed E-state index contributed by atoms with van der Waals surface area (Å²) in [5, 5.41) is 6.96. The van der Waals surface area contributed by atoms with Crippen molar-refractivity contribution in [1.82, 2.24) is 15.5 Å². The quantitative estimate of drug-likeness (QED) is 0.448. The predicted octanol–water partition coefficient (Wildman–Crippen LogP) is 2.55. The summed E-state index contributed by atoms with van der Waals surface area (Å²) in [7, 11) is 1.85. The second-order valence-electron chi connectivity index (χ2n) is 7.07. The summed E-state index contributed by atoms with van der Waals surface area (Å²) in [6, 6.07) is 11.3. The minimum atomic E-state index is 0.576. The number of aliphatic imine (C=N–C) groups is 1. The molecule has 26 heavy (non-hydrogen) atoms. The molecule has 0 saturated carbocycles. The molecule has 0 aliphatic carbocycles. The molecule has 5 nitrogen and oxygen atoms in total. The zero-order valence-electron chi connectivity index (χ0n) is 15.9. The number of guanidine groups is 1. The first-order valence-electron chi connectivity index (χ1n) is 9.83. The van der Waals surface area contributed by atoms with Crippen molar-refractivity contribution in [3.63, 3.8) is 0 Å². The Morgan fingerprint density at radius 3 is 2.92 bits per heavy atom. The Hall–Kier alpha value is -1.85. The highest BCUT2D eigenvalue weighted by Gasteiger charge is 2.24. The molecule has 0 aromatic heterocycles. The molecule has 0 amide bonds. The minimum Gasteiger partial charge on any atom is -0.377 e. The van der Waals surface area contributed by atoms with Crippen LogP contribution in [0.4, 0.5) is 0 Å². The van der Waals surface area contributed by atoms with Crippen LogP contribution in [0.3, 0.4) is 0 Å². The Morgan fingerprint density at radius 2 is 2.15 bits per heavy atom. The van der Waals surface area contributed by atoms with Crippen molar-refractivity contribution in [3.8, 4) is 0 Å². The molecule has 1 unspecified atom stereocenters. The van der Waals surface area contributed by atoms with E-state index in [1.165, 1.54) is 30.5 Å². The fraction of sp³-hybridized carbons (Fsp3) is 0.571. The van der Waals surface area contributed by atoms with Gasteiger partial charge in [0.1, 0.15) is 0 Å². The van der Waals surface area contributed by atoms with Crippen molar-refractivity contribution < 1.29 is 4.74 Å². The monoisotopic (exact) mass is 356 g/mol. The summed E-state index contributed by atoms with van der Waals surface area (Å²) in [6.07, 6.45) is 6.87. The Morgan fingerprint density at radius 1 is 1.27 bits per heavy atom. The van der Waals surface area contributed by atoms with Gasteiger partial charge in [0.25, 0.3) is 0 Å². The van der Waals surface area contributed by atoms with Gasteiger partial charge in [-0.3, -0.25) is 9.89 Å². The third kappa shape index (κ3) is 5.85. The maximum absolute atomic E-state index is 5.36. The average Bonchev–Trinajstić information content (AvgIpc) is 3.13.